The zero-order chi connectivity index (χ0) is 10.5. The Bertz CT molecular complexity index is 263. The van der Waals surface area contributed by atoms with Crippen molar-refractivity contribution in [3.8, 4) is 0 Å². The van der Waals surface area contributed by atoms with Crippen LogP contribution in [0.3, 0.4) is 0 Å². The van der Waals surface area contributed by atoms with Gasteiger partial charge >= 0.3 is 6.30 Å². The fraction of sp³-hybridized carbons (Fsp3) is 0.125. The molecule has 72 valence electrons. The Labute approximate surface area is 78.9 Å². The van der Waals surface area contributed by atoms with Crippen molar-refractivity contribution in [2.24, 2.45) is 4.99 Å². The lowest BCUT2D eigenvalue weighted by molar-refractivity contribution is -0.119. The summed E-state index contributed by atoms with van der Waals surface area (Å²) in [5.41, 5.74) is 0.0778. The van der Waals surface area contributed by atoms with Crippen LogP contribution in [0.4, 0.5) is 13.2 Å². The molecule has 0 aromatic heterocycles. The SMILES string of the molecule is C=C/C=C(/C=C)C(Cl)=NC(F)(F)F. The van der Waals surface area contributed by atoms with Crippen LogP contribution in [0.15, 0.2) is 42.0 Å². The largest absolute Gasteiger partial charge is 0.504 e. The summed E-state index contributed by atoms with van der Waals surface area (Å²) < 4.78 is 35.1. The van der Waals surface area contributed by atoms with Crippen LogP contribution >= 0.6 is 11.6 Å². The predicted octanol–water partition coefficient (Wildman–Crippen LogP) is 3.44. The Morgan fingerprint density at radius 3 is 2.15 bits per heavy atom. The molecule has 5 heteroatoms. The molecule has 0 bridgehead atoms. The summed E-state index contributed by atoms with van der Waals surface area (Å²) in [6.07, 6.45) is -0.921. The maximum absolute atomic E-state index is 11.7. The average Bonchev–Trinajstić information content (AvgIpc) is 1.96. The second-order valence-electron chi connectivity index (χ2n) is 1.93. The van der Waals surface area contributed by atoms with Gasteiger partial charge in [0, 0.05) is 5.57 Å². The normalized spacial score (nSPS) is 14.2. The molecule has 13 heavy (non-hydrogen) atoms. The number of aliphatic imine (C=N–C) groups is 1. The van der Waals surface area contributed by atoms with E-state index in [1.807, 2.05) is 0 Å². The molecule has 0 saturated carbocycles. The first-order valence-electron chi connectivity index (χ1n) is 3.18. The number of nitrogens with zero attached hydrogens (tertiary/aromatic N) is 1. The first kappa shape index (κ1) is 12.0. The summed E-state index contributed by atoms with van der Waals surface area (Å²) in [6.45, 7) is 6.59. The minimum atomic E-state index is -4.67. The van der Waals surface area contributed by atoms with Crippen LogP contribution in [0.2, 0.25) is 0 Å². The first-order valence-corrected chi connectivity index (χ1v) is 3.56. The maximum Gasteiger partial charge on any atom is 0.504 e. The number of alkyl halides is 3. The molecule has 0 unspecified atom stereocenters. The average molecular weight is 210 g/mol. The molecule has 0 aliphatic carbocycles. The van der Waals surface area contributed by atoms with Crippen molar-refractivity contribution in [3.05, 3.63) is 37.0 Å². The molecule has 0 rings (SSSR count). The highest BCUT2D eigenvalue weighted by atomic mass is 35.5. The molecular formula is C8H7ClF3N. The predicted molar refractivity (Wildman–Crippen MR) is 47.8 cm³/mol. The Balaban J connectivity index is 4.85. The highest BCUT2D eigenvalue weighted by Gasteiger charge is 2.27. The van der Waals surface area contributed by atoms with Crippen molar-refractivity contribution in [3.63, 3.8) is 0 Å². The van der Waals surface area contributed by atoms with E-state index in [1.54, 1.807) is 0 Å². The number of hydrogen-bond acceptors (Lipinski definition) is 1. The zero-order valence-corrected chi connectivity index (χ0v) is 7.36. The van der Waals surface area contributed by atoms with Gasteiger partial charge in [0.2, 0.25) is 0 Å². The van der Waals surface area contributed by atoms with Gasteiger partial charge in [-0.2, -0.15) is 4.99 Å². The lowest BCUT2D eigenvalue weighted by Crippen LogP contribution is -2.06. The molecule has 0 aromatic rings. The minimum Gasteiger partial charge on any atom is -0.171 e. The first-order chi connectivity index (χ1) is 5.90. The summed E-state index contributed by atoms with van der Waals surface area (Å²) in [7, 11) is 0. The lowest BCUT2D eigenvalue weighted by Gasteiger charge is -2.01. The molecule has 0 radical (unpaired) electrons. The van der Waals surface area contributed by atoms with E-state index in [2.05, 4.69) is 18.2 Å². The highest BCUT2D eigenvalue weighted by Crippen LogP contribution is 2.19. The molecule has 0 aliphatic heterocycles. The van der Waals surface area contributed by atoms with Crippen molar-refractivity contribution in [1.82, 2.24) is 0 Å². The van der Waals surface area contributed by atoms with Crippen LogP contribution in [0.5, 0.6) is 0 Å². The molecule has 0 spiro atoms. The van der Waals surface area contributed by atoms with Gasteiger partial charge in [-0.1, -0.05) is 43.0 Å². The topological polar surface area (TPSA) is 12.4 Å². The Kier molecular flexibility index (Phi) is 4.48. The molecular weight excluding hydrogens is 203 g/mol. The molecule has 1 nitrogen and oxygen atoms in total. The number of rotatable bonds is 3. The van der Waals surface area contributed by atoms with E-state index in [0.29, 0.717) is 0 Å². The van der Waals surface area contributed by atoms with Crippen molar-refractivity contribution in [1.29, 1.82) is 0 Å². The van der Waals surface area contributed by atoms with Crippen LogP contribution in [-0.2, 0) is 0 Å². The molecule has 0 fully saturated rings. The molecule has 0 heterocycles. The van der Waals surface area contributed by atoms with Crippen molar-refractivity contribution >= 4 is 16.8 Å². The number of allylic oxidation sites excluding steroid dienone is 4. The number of hydrogen-bond donors (Lipinski definition) is 0. The minimum absolute atomic E-state index is 0.0778. The van der Waals surface area contributed by atoms with Crippen LogP contribution in [0.25, 0.3) is 0 Å². The molecule has 0 amide bonds. The van der Waals surface area contributed by atoms with Gasteiger partial charge in [0.1, 0.15) is 5.17 Å². The zero-order valence-electron chi connectivity index (χ0n) is 6.61. The fourth-order valence-electron chi connectivity index (χ4n) is 0.524. The molecule has 0 atom stereocenters. The second-order valence-corrected chi connectivity index (χ2v) is 2.29. The van der Waals surface area contributed by atoms with Crippen LogP contribution < -0.4 is 0 Å². The highest BCUT2D eigenvalue weighted by molar-refractivity contribution is 6.70. The van der Waals surface area contributed by atoms with Crippen molar-refractivity contribution in [2.45, 2.75) is 6.30 Å². The monoisotopic (exact) mass is 209 g/mol. The van der Waals surface area contributed by atoms with Gasteiger partial charge in [-0.15, -0.1) is 13.2 Å². The van der Waals surface area contributed by atoms with E-state index in [1.165, 1.54) is 18.2 Å². The number of halogens is 4. The van der Waals surface area contributed by atoms with Gasteiger partial charge in [0.25, 0.3) is 0 Å². The summed E-state index contributed by atoms with van der Waals surface area (Å²) in [4.78, 5) is 2.29. The van der Waals surface area contributed by atoms with Gasteiger partial charge < -0.3 is 0 Å². The van der Waals surface area contributed by atoms with Gasteiger partial charge in [0.05, 0.1) is 0 Å². The van der Waals surface area contributed by atoms with Gasteiger partial charge in [-0.25, -0.2) is 0 Å². The van der Waals surface area contributed by atoms with E-state index >= 15 is 0 Å². The van der Waals surface area contributed by atoms with Crippen molar-refractivity contribution in [2.75, 3.05) is 0 Å². The summed E-state index contributed by atoms with van der Waals surface area (Å²) >= 11 is 5.25. The van der Waals surface area contributed by atoms with Crippen LogP contribution in [0, 0.1) is 0 Å². The Morgan fingerprint density at radius 1 is 1.31 bits per heavy atom. The van der Waals surface area contributed by atoms with E-state index in [0.717, 1.165) is 0 Å². The van der Waals surface area contributed by atoms with E-state index in [-0.39, 0.29) is 5.57 Å². The summed E-state index contributed by atoms with van der Waals surface area (Å²) in [5.74, 6) is 0. The lowest BCUT2D eigenvalue weighted by atomic mass is 10.2. The maximum atomic E-state index is 11.7. The van der Waals surface area contributed by atoms with Crippen LogP contribution in [-0.4, -0.2) is 11.5 Å². The summed E-state index contributed by atoms with van der Waals surface area (Å²) in [6, 6.07) is 0. The standard InChI is InChI=1S/C8H7ClF3N/c1-3-5-6(4-2)7(9)13-8(10,11)12/h3-5H,1-2H2/b6-5-,13-7?. The Hall–Kier alpha value is -1.03. The van der Waals surface area contributed by atoms with Gasteiger partial charge in [-0.05, 0) is 0 Å². The van der Waals surface area contributed by atoms with E-state index in [4.69, 9.17) is 11.6 Å². The molecule has 0 aromatic carbocycles. The third-order valence-electron chi connectivity index (χ3n) is 0.980. The smallest absolute Gasteiger partial charge is 0.171 e. The third-order valence-corrected chi connectivity index (χ3v) is 1.28. The van der Waals surface area contributed by atoms with E-state index in [9.17, 15) is 13.2 Å². The summed E-state index contributed by atoms with van der Waals surface area (Å²) in [5, 5.41) is -0.651. The fourth-order valence-corrected chi connectivity index (χ4v) is 0.760. The van der Waals surface area contributed by atoms with Crippen LogP contribution in [0.1, 0.15) is 0 Å². The molecule has 0 saturated heterocycles. The quantitative estimate of drug-likeness (QED) is 0.384. The molecule has 0 aliphatic rings. The van der Waals surface area contributed by atoms with E-state index < -0.39 is 11.5 Å². The van der Waals surface area contributed by atoms with Crippen molar-refractivity contribution < 1.29 is 13.2 Å². The van der Waals surface area contributed by atoms with Gasteiger partial charge in [-0.3, -0.25) is 0 Å². The second kappa shape index (κ2) is 4.87. The van der Waals surface area contributed by atoms with Gasteiger partial charge in [0.15, 0.2) is 0 Å². The third kappa shape index (κ3) is 5.25. The Morgan fingerprint density at radius 2 is 1.85 bits per heavy atom. The molecule has 0 N–H and O–H groups in total.